The number of rotatable bonds is 7. The summed E-state index contributed by atoms with van der Waals surface area (Å²) in [5, 5.41) is 0. The van der Waals surface area contributed by atoms with Crippen molar-refractivity contribution in [3.8, 4) is 0 Å². The van der Waals surface area contributed by atoms with Crippen molar-refractivity contribution in [1.82, 2.24) is 4.90 Å². The first kappa shape index (κ1) is 19.5. The molecule has 150 valence electrons. The molecule has 0 aromatic heterocycles. The number of hydrogen-bond acceptors (Lipinski definition) is 2. The van der Waals surface area contributed by atoms with Gasteiger partial charge < -0.3 is 4.90 Å². The van der Waals surface area contributed by atoms with Gasteiger partial charge in [0.15, 0.2) is 0 Å². The monoisotopic (exact) mass is 376 g/mol. The predicted molar refractivity (Wildman–Crippen MR) is 120 cm³/mol. The summed E-state index contributed by atoms with van der Waals surface area (Å²) in [5.74, 6) is 0. The van der Waals surface area contributed by atoms with E-state index in [2.05, 4.69) is 78.2 Å². The summed E-state index contributed by atoms with van der Waals surface area (Å²) >= 11 is 0. The van der Waals surface area contributed by atoms with Gasteiger partial charge in [-0.2, -0.15) is 0 Å². The number of fused-ring (bicyclic) bond motifs is 1. The second-order valence-electron chi connectivity index (χ2n) is 8.72. The Hall–Kier alpha value is -1.80. The maximum Gasteiger partial charge on any atom is 0.0370 e. The molecule has 2 heteroatoms. The van der Waals surface area contributed by atoms with Crippen molar-refractivity contribution in [2.45, 2.75) is 70.4 Å². The molecule has 2 aromatic carbocycles. The van der Waals surface area contributed by atoms with Crippen molar-refractivity contribution >= 4 is 5.69 Å². The zero-order valence-electron chi connectivity index (χ0n) is 17.7. The molecule has 0 spiro atoms. The molecule has 1 aliphatic heterocycles. The highest BCUT2D eigenvalue weighted by atomic mass is 15.2. The first-order chi connectivity index (χ1) is 13.8. The minimum atomic E-state index is 0.394. The number of para-hydroxylation sites is 1. The molecule has 1 aliphatic carbocycles. The van der Waals surface area contributed by atoms with E-state index >= 15 is 0 Å². The van der Waals surface area contributed by atoms with Gasteiger partial charge in [-0.15, -0.1) is 0 Å². The summed E-state index contributed by atoms with van der Waals surface area (Å²) in [6.07, 6.45) is 9.04. The Morgan fingerprint density at radius 1 is 0.929 bits per heavy atom. The fraction of sp³-hybridized carbons (Fsp3) is 0.538. The standard InChI is InChI=1S/C26H36N2/c1-3-26(16-10-11-18-27(26)4-2)17-19-28(24-14-6-5-7-15-24)25-20-22-12-8-9-13-23(22)21-25/h5-9,12-15,25H,3-4,10-11,16-21H2,1-2H3. The van der Waals surface area contributed by atoms with Crippen LogP contribution in [-0.4, -0.2) is 36.1 Å². The van der Waals surface area contributed by atoms with Crippen molar-refractivity contribution in [1.29, 1.82) is 0 Å². The summed E-state index contributed by atoms with van der Waals surface area (Å²) in [6.45, 7) is 8.39. The molecule has 1 heterocycles. The quantitative estimate of drug-likeness (QED) is 0.611. The highest BCUT2D eigenvalue weighted by Crippen LogP contribution is 2.36. The Bertz CT molecular complexity index is 731. The zero-order chi connectivity index (χ0) is 19.4. The van der Waals surface area contributed by atoms with Gasteiger partial charge in [0.05, 0.1) is 0 Å². The molecular formula is C26H36N2. The molecule has 4 rings (SSSR count). The van der Waals surface area contributed by atoms with Gasteiger partial charge in [0.25, 0.3) is 0 Å². The van der Waals surface area contributed by atoms with Crippen molar-refractivity contribution in [3.63, 3.8) is 0 Å². The van der Waals surface area contributed by atoms with Gasteiger partial charge in [-0.25, -0.2) is 0 Å². The highest BCUT2D eigenvalue weighted by Gasteiger charge is 2.37. The summed E-state index contributed by atoms with van der Waals surface area (Å²) in [5.41, 5.74) is 4.88. The van der Waals surface area contributed by atoms with Crippen LogP contribution in [0.2, 0.25) is 0 Å². The van der Waals surface area contributed by atoms with Crippen LogP contribution in [0.25, 0.3) is 0 Å². The summed E-state index contributed by atoms with van der Waals surface area (Å²) in [7, 11) is 0. The molecule has 1 fully saturated rings. The lowest BCUT2D eigenvalue weighted by molar-refractivity contribution is 0.0412. The van der Waals surface area contributed by atoms with E-state index in [1.54, 1.807) is 11.1 Å². The number of likely N-dealkylation sites (tertiary alicyclic amines) is 1. The van der Waals surface area contributed by atoms with Crippen LogP contribution >= 0.6 is 0 Å². The van der Waals surface area contributed by atoms with Gasteiger partial charge in [0.1, 0.15) is 0 Å². The first-order valence-electron chi connectivity index (χ1n) is 11.4. The average Bonchev–Trinajstić information content (AvgIpc) is 3.18. The molecule has 28 heavy (non-hydrogen) atoms. The third-order valence-corrected chi connectivity index (χ3v) is 7.41. The lowest BCUT2D eigenvalue weighted by Crippen LogP contribution is -2.53. The Morgan fingerprint density at radius 3 is 2.25 bits per heavy atom. The van der Waals surface area contributed by atoms with E-state index in [4.69, 9.17) is 0 Å². The SMILES string of the molecule is CCN1CCCCC1(CC)CCN(c1ccccc1)C1Cc2ccccc2C1. The zero-order valence-corrected chi connectivity index (χ0v) is 17.7. The molecule has 0 N–H and O–H groups in total. The maximum atomic E-state index is 2.78. The van der Waals surface area contributed by atoms with E-state index in [0.29, 0.717) is 11.6 Å². The Labute approximate surface area is 171 Å². The number of nitrogens with zero attached hydrogens (tertiary/aromatic N) is 2. The third kappa shape index (κ3) is 3.85. The molecule has 2 aliphatic rings. The molecule has 2 aromatic rings. The van der Waals surface area contributed by atoms with Crippen LogP contribution in [0, 0.1) is 0 Å². The van der Waals surface area contributed by atoms with Crippen molar-refractivity contribution in [2.75, 3.05) is 24.5 Å². The predicted octanol–water partition coefficient (Wildman–Crippen LogP) is 5.71. The van der Waals surface area contributed by atoms with E-state index in [0.717, 1.165) is 6.54 Å². The minimum absolute atomic E-state index is 0.394. The molecule has 1 unspecified atom stereocenters. The molecule has 0 amide bonds. The Kier molecular flexibility index (Phi) is 6.06. The molecule has 1 saturated heterocycles. The van der Waals surface area contributed by atoms with Crippen LogP contribution in [0.1, 0.15) is 57.1 Å². The Morgan fingerprint density at radius 2 is 1.61 bits per heavy atom. The van der Waals surface area contributed by atoms with E-state index in [-0.39, 0.29) is 0 Å². The molecule has 0 bridgehead atoms. The van der Waals surface area contributed by atoms with Gasteiger partial charge in [-0.3, -0.25) is 4.90 Å². The van der Waals surface area contributed by atoms with E-state index in [1.165, 1.54) is 63.7 Å². The number of benzene rings is 2. The second kappa shape index (κ2) is 8.69. The summed E-state index contributed by atoms with van der Waals surface area (Å²) in [4.78, 5) is 5.50. The minimum Gasteiger partial charge on any atom is -0.368 e. The lowest BCUT2D eigenvalue weighted by Gasteiger charge is -2.48. The molecule has 1 atom stereocenters. The largest absolute Gasteiger partial charge is 0.368 e. The fourth-order valence-electron chi connectivity index (χ4n) is 5.73. The van der Waals surface area contributed by atoms with Gasteiger partial charge in [-0.05, 0) is 74.9 Å². The van der Waals surface area contributed by atoms with Gasteiger partial charge in [0.2, 0.25) is 0 Å². The van der Waals surface area contributed by atoms with Crippen LogP contribution in [0.3, 0.4) is 0 Å². The topological polar surface area (TPSA) is 6.48 Å². The van der Waals surface area contributed by atoms with E-state index in [9.17, 15) is 0 Å². The van der Waals surface area contributed by atoms with Crippen LogP contribution < -0.4 is 4.90 Å². The molecular weight excluding hydrogens is 340 g/mol. The fourth-order valence-corrected chi connectivity index (χ4v) is 5.73. The summed E-state index contributed by atoms with van der Waals surface area (Å²) in [6, 6.07) is 20.8. The van der Waals surface area contributed by atoms with Crippen LogP contribution in [0.5, 0.6) is 0 Å². The molecule has 0 saturated carbocycles. The second-order valence-corrected chi connectivity index (χ2v) is 8.72. The van der Waals surface area contributed by atoms with E-state index < -0.39 is 0 Å². The van der Waals surface area contributed by atoms with Crippen LogP contribution in [0.15, 0.2) is 54.6 Å². The van der Waals surface area contributed by atoms with Crippen LogP contribution in [0.4, 0.5) is 5.69 Å². The highest BCUT2D eigenvalue weighted by molar-refractivity contribution is 5.49. The molecule has 0 radical (unpaired) electrons. The van der Waals surface area contributed by atoms with Crippen molar-refractivity contribution in [2.24, 2.45) is 0 Å². The van der Waals surface area contributed by atoms with Gasteiger partial charge in [0, 0.05) is 23.8 Å². The summed E-state index contributed by atoms with van der Waals surface area (Å²) < 4.78 is 0. The van der Waals surface area contributed by atoms with Crippen molar-refractivity contribution in [3.05, 3.63) is 65.7 Å². The number of piperidine rings is 1. The van der Waals surface area contributed by atoms with Crippen molar-refractivity contribution < 1.29 is 0 Å². The smallest absolute Gasteiger partial charge is 0.0370 e. The molecule has 2 nitrogen and oxygen atoms in total. The van der Waals surface area contributed by atoms with E-state index in [1.807, 2.05) is 0 Å². The first-order valence-corrected chi connectivity index (χ1v) is 11.4. The van der Waals surface area contributed by atoms with Crippen LogP contribution in [-0.2, 0) is 12.8 Å². The average molecular weight is 377 g/mol. The van der Waals surface area contributed by atoms with Gasteiger partial charge >= 0.3 is 0 Å². The normalized spacial score (nSPS) is 22.9. The lowest BCUT2D eigenvalue weighted by atomic mass is 9.81. The maximum absolute atomic E-state index is 2.78. The third-order valence-electron chi connectivity index (χ3n) is 7.41. The Balaban J connectivity index is 1.55. The van der Waals surface area contributed by atoms with Gasteiger partial charge in [-0.1, -0.05) is 62.7 Å². The number of anilines is 1. The number of hydrogen-bond donors (Lipinski definition) is 0.